The van der Waals surface area contributed by atoms with Gasteiger partial charge in [-0.3, -0.25) is 48.2 Å². The smallest absolute Gasteiger partial charge is 0.253 e. The summed E-state index contributed by atoms with van der Waals surface area (Å²) in [7, 11) is 3.62. The molecule has 0 saturated heterocycles. The maximum atomic E-state index is 13.0. The third-order valence-electron chi connectivity index (χ3n) is 7.48. The molecule has 14 nitrogen and oxygen atoms in total. The van der Waals surface area contributed by atoms with Crippen molar-refractivity contribution in [3.8, 4) is 0 Å². The first-order chi connectivity index (χ1) is 23.8. The first-order valence-corrected chi connectivity index (χ1v) is 19.6. The number of nitrogens with zero attached hydrogens (tertiary/aromatic N) is 2. The summed E-state index contributed by atoms with van der Waals surface area (Å²) in [6.45, 7) is 7.73. The summed E-state index contributed by atoms with van der Waals surface area (Å²) in [6, 6.07) is -0.846. The predicted molar refractivity (Wildman–Crippen MR) is 193 cm³/mol. The lowest BCUT2D eigenvalue weighted by atomic mass is 10.1. The number of imide groups is 2. The summed E-state index contributed by atoms with van der Waals surface area (Å²) >= 11 is 0. The molecule has 0 aromatic rings. The summed E-state index contributed by atoms with van der Waals surface area (Å²) in [4.78, 5) is 98.7. The van der Waals surface area contributed by atoms with Gasteiger partial charge in [-0.2, -0.15) is 0 Å². The summed E-state index contributed by atoms with van der Waals surface area (Å²) in [5.41, 5.74) is 0. The zero-order valence-electron chi connectivity index (χ0n) is 29.4. The van der Waals surface area contributed by atoms with E-state index in [0.717, 1.165) is 72.0 Å². The Labute approximate surface area is 302 Å². The molecule has 50 heavy (non-hydrogen) atoms. The van der Waals surface area contributed by atoms with E-state index in [1.54, 1.807) is 10.8 Å². The van der Waals surface area contributed by atoms with Crippen molar-refractivity contribution in [2.24, 2.45) is 0 Å². The zero-order chi connectivity index (χ0) is 36.9. The lowest BCUT2D eigenvalue weighted by molar-refractivity contribution is -0.139. The Morgan fingerprint density at radius 1 is 0.620 bits per heavy atom. The van der Waals surface area contributed by atoms with Crippen LogP contribution in [0.25, 0.3) is 0 Å². The van der Waals surface area contributed by atoms with Gasteiger partial charge in [0.15, 0.2) is 0 Å². The van der Waals surface area contributed by atoms with Crippen LogP contribution in [0.15, 0.2) is 24.3 Å². The zero-order valence-corrected chi connectivity index (χ0v) is 31.0. The van der Waals surface area contributed by atoms with Crippen molar-refractivity contribution < 1.29 is 38.4 Å². The van der Waals surface area contributed by atoms with E-state index >= 15 is 0 Å². The molecule has 0 saturated carbocycles. The van der Waals surface area contributed by atoms with Gasteiger partial charge < -0.3 is 21.3 Å². The van der Waals surface area contributed by atoms with Gasteiger partial charge in [-0.05, 0) is 38.5 Å². The molecule has 8 amide bonds. The SMILES string of the molecule is CC(C)(C)SSCCCC(=O)NCCCCCCNC(=O)[C@H](CCCCNC(=O)CCN1C(=O)C=CC1=O)NC(=O)CCN1C(=O)C=CC1=O. The van der Waals surface area contributed by atoms with Crippen LogP contribution in [0.2, 0.25) is 0 Å². The standard InChI is InChI=1S/C34H52N6O8S2/c1-34(2,3)50-49-24-10-12-26(41)35-19-7-4-5-8-21-37-33(48)25(38-28(43)18-23-40-31(46)15-16-32(40)47)11-6-9-20-36-27(42)17-22-39-29(44)13-14-30(39)45/h13-16,25H,4-12,17-24H2,1-3H3,(H,35,41)(H,36,42)(H,37,48)(H,38,43)/t25-/m0/s1. The molecule has 2 heterocycles. The molecule has 2 rings (SSSR count). The predicted octanol–water partition coefficient (Wildman–Crippen LogP) is 2.14. The minimum absolute atomic E-state index is 0.0109. The Bertz CT molecular complexity index is 1250. The second kappa shape index (κ2) is 22.9. The van der Waals surface area contributed by atoms with E-state index in [4.69, 9.17) is 0 Å². The quantitative estimate of drug-likeness (QED) is 0.0614. The molecule has 0 spiro atoms. The second-order valence-corrected chi connectivity index (χ2v) is 16.2. The Morgan fingerprint density at radius 2 is 1.08 bits per heavy atom. The van der Waals surface area contributed by atoms with E-state index in [2.05, 4.69) is 42.0 Å². The molecule has 2 aliphatic heterocycles. The van der Waals surface area contributed by atoms with Crippen LogP contribution in [0, 0.1) is 0 Å². The van der Waals surface area contributed by atoms with Gasteiger partial charge in [0.1, 0.15) is 6.04 Å². The molecule has 0 aromatic carbocycles. The van der Waals surface area contributed by atoms with Crippen LogP contribution in [-0.2, 0) is 38.4 Å². The van der Waals surface area contributed by atoms with Gasteiger partial charge in [0.05, 0.1) is 0 Å². The van der Waals surface area contributed by atoms with Crippen molar-refractivity contribution in [2.75, 3.05) is 38.5 Å². The fourth-order valence-corrected chi connectivity index (χ4v) is 7.18. The lowest BCUT2D eigenvalue weighted by Gasteiger charge is -2.20. The molecule has 4 N–H and O–H groups in total. The number of hydrogen-bond donors (Lipinski definition) is 4. The summed E-state index contributed by atoms with van der Waals surface area (Å²) in [5, 5.41) is 11.3. The van der Waals surface area contributed by atoms with Gasteiger partial charge in [-0.15, -0.1) is 0 Å². The Morgan fingerprint density at radius 3 is 1.60 bits per heavy atom. The van der Waals surface area contributed by atoms with E-state index in [1.165, 1.54) is 0 Å². The van der Waals surface area contributed by atoms with Crippen molar-refractivity contribution in [2.45, 2.75) is 102 Å². The molecule has 0 radical (unpaired) electrons. The van der Waals surface area contributed by atoms with Crippen LogP contribution >= 0.6 is 21.6 Å². The van der Waals surface area contributed by atoms with Crippen molar-refractivity contribution in [1.29, 1.82) is 0 Å². The molecule has 278 valence electrons. The van der Waals surface area contributed by atoms with Crippen molar-refractivity contribution in [3.63, 3.8) is 0 Å². The summed E-state index contributed by atoms with van der Waals surface area (Å²) in [5.74, 6) is -2.01. The highest BCUT2D eigenvalue weighted by molar-refractivity contribution is 8.77. The highest BCUT2D eigenvalue weighted by atomic mass is 33.1. The number of carbonyl (C=O) groups is 8. The van der Waals surface area contributed by atoms with Crippen molar-refractivity contribution >= 4 is 68.8 Å². The van der Waals surface area contributed by atoms with E-state index in [9.17, 15) is 38.4 Å². The fourth-order valence-electron chi connectivity index (χ4n) is 4.82. The third-order valence-corrected chi connectivity index (χ3v) is 10.9. The van der Waals surface area contributed by atoms with E-state index in [0.29, 0.717) is 45.3 Å². The normalized spacial score (nSPS) is 14.8. The Balaban J connectivity index is 1.66. The van der Waals surface area contributed by atoms with Crippen LogP contribution in [0.4, 0.5) is 0 Å². The van der Waals surface area contributed by atoms with Crippen LogP contribution in [0.1, 0.15) is 91.4 Å². The van der Waals surface area contributed by atoms with Crippen molar-refractivity contribution in [1.82, 2.24) is 31.1 Å². The average Bonchev–Trinajstić information content (AvgIpc) is 3.55. The minimum atomic E-state index is -0.846. The molecular formula is C34H52N6O8S2. The van der Waals surface area contributed by atoms with Gasteiger partial charge in [0.25, 0.3) is 23.6 Å². The number of amides is 8. The minimum Gasteiger partial charge on any atom is -0.356 e. The number of unbranched alkanes of at least 4 members (excludes halogenated alkanes) is 4. The van der Waals surface area contributed by atoms with E-state index < -0.39 is 35.6 Å². The summed E-state index contributed by atoms with van der Waals surface area (Å²) in [6.07, 6.45) is 10.4. The first kappa shape index (κ1) is 42.5. The number of nitrogens with one attached hydrogen (secondary N) is 4. The number of carbonyl (C=O) groups excluding carboxylic acids is 8. The fraction of sp³-hybridized carbons (Fsp3) is 0.647. The highest BCUT2D eigenvalue weighted by Crippen LogP contribution is 2.35. The maximum absolute atomic E-state index is 13.0. The van der Waals surface area contributed by atoms with Gasteiger partial charge >= 0.3 is 0 Å². The van der Waals surface area contributed by atoms with E-state index in [-0.39, 0.29) is 48.4 Å². The lowest BCUT2D eigenvalue weighted by Crippen LogP contribution is -2.47. The third kappa shape index (κ3) is 17.8. The van der Waals surface area contributed by atoms with Gasteiger partial charge in [0.2, 0.25) is 23.6 Å². The molecule has 2 aliphatic rings. The van der Waals surface area contributed by atoms with E-state index in [1.807, 2.05) is 10.8 Å². The first-order valence-electron chi connectivity index (χ1n) is 17.2. The molecule has 0 fully saturated rings. The van der Waals surface area contributed by atoms with Gasteiger partial charge in [-0.25, -0.2) is 0 Å². The highest BCUT2D eigenvalue weighted by Gasteiger charge is 2.26. The van der Waals surface area contributed by atoms with Gasteiger partial charge in [0, 0.05) is 86.8 Å². The number of rotatable bonds is 25. The topological polar surface area (TPSA) is 191 Å². The molecule has 0 bridgehead atoms. The van der Waals surface area contributed by atoms with Crippen LogP contribution in [0.5, 0.6) is 0 Å². The molecule has 0 aromatic heterocycles. The monoisotopic (exact) mass is 736 g/mol. The Kier molecular flexibility index (Phi) is 19.5. The largest absolute Gasteiger partial charge is 0.356 e. The van der Waals surface area contributed by atoms with Crippen LogP contribution < -0.4 is 21.3 Å². The molecule has 0 unspecified atom stereocenters. The average molecular weight is 737 g/mol. The van der Waals surface area contributed by atoms with Crippen LogP contribution in [0.3, 0.4) is 0 Å². The molecular weight excluding hydrogens is 685 g/mol. The second-order valence-electron chi connectivity index (χ2n) is 13.0. The van der Waals surface area contributed by atoms with Crippen molar-refractivity contribution in [3.05, 3.63) is 24.3 Å². The number of hydrogen-bond acceptors (Lipinski definition) is 10. The molecule has 16 heteroatoms. The van der Waals surface area contributed by atoms with Gasteiger partial charge in [-0.1, -0.05) is 55.2 Å². The molecule has 0 aliphatic carbocycles. The summed E-state index contributed by atoms with van der Waals surface area (Å²) < 4.78 is 0.205. The maximum Gasteiger partial charge on any atom is 0.253 e. The Hall–Kier alpha value is -3.66. The molecule has 1 atom stereocenters. The van der Waals surface area contributed by atoms with Crippen LogP contribution in [-0.4, -0.2) is 106 Å².